The monoisotopic (exact) mass is 908 g/mol. The van der Waals surface area contributed by atoms with Crippen molar-refractivity contribution >= 4 is 13.8 Å². The number of nitrogens with zero attached hydrogens (tertiary/aromatic N) is 1. The Morgan fingerprint density at radius 3 is 1.32 bits per heavy atom. The largest absolute Gasteiger partial charge is 0.756 e. The van der Waals surface area contributed by atoms with E-state index in [1.807, 2.05) is 21.1 Å². The maximum absolute atomic E-state index is 12.8. The number of likely N-dealkylation sites (N-methyl/N-ethyl adjacent to an activating group) is 1. The summed E-state index contributed by atoms with van der Waals surface area (Å²) < 4.78 is 34.7. The van der Waals surface area contributed by atoms with Crippen LogP contribution in [0, 0.1) is 0 Å². The maximum atomic E-state index is 12.8. The molecule has 0 aliphatic heterocycles. The highest BCUT2D eigenvalue weighted by atomic mass is 31.2. The van der Waals surface area contributed by atoms with Gasteiger partial charge in [-0.3, -0.25) is 9.36 Å². The number of esters is 1. The third kappa shape index (κ3) is 51.3. The molecule has 8 nitrogen and oxygen atoms in total. The van der Waals surface area contributed by atoms with Crippen LogP contribution in [0.2, 0.25) is 0 Å². The molecular formula is C54H102NO7P. The lowest BCUT2D eigenvalue weighted by Gasteiger charge is -2.28. The van der Waals surface area contributed by atoms with Crippen LogP contribution < -0.4 is 4.89 Å². The zero-order valence-electron chi connectivity index (χ0n) is 42.0. The molecule has 2 atom stereocenters. The number of carbonyl (C=O) groups is 1. The predicted molar refractivity (Wildman–Crippen MR) is 268 cm³/mol. The van der Waals surface area contributed by atoms with Crippen LogP contribution in [0.4, 0.5) is 0 Å². The molecule has 0 heterocycles. The van der Waals surface area contributed by atoms with Gasteiger partial charge in [-0.25, -0.2) is 0 Å². The van der Waals surface area contributed by atoms with Gasteiger partial charge in [0.2, 0.25) is 0 Å². The molecule has 63 heavy (non-hydrogen) atoms. The smallest absolute Gasteiger partial charge is 0.306 e. The number of hydrogen-bond acceptors (Lipinski definition) is 7. The molecule has 0 bridgehead atoms. The van der Waals surface area contributed by atoms with Gasteiger partial charge < -0.3 is 27.9 Å². The second kappa shape index (κ2) is 47.0. The van der Waals surface area contributed by atoms with Crippen LogP contribution in [0.5, 0.6) is 0 Å². The first kappa shape index (κ1) is 61.5. The van der Waals surface area contributed by atoms with Gasteiger partial charge in [0.05, 0.1) is 34.4 Å². The molecule has 9 heteroatoms. The standard InChI is InChI=1S/C54H102NO7P/c1-6-8-10-12-14-16-18-20-22-24-25-26-27-28-29-30-31-32-33-35-37-39-41-43-45-47-54(56)62-53(52-61-63(57,58)60-50-48-55(3,4)5)51-59-49-46-44-42-40-38-36-34-23-21-19-17-15-13-11-9-7-2/h18,20-21,23-25,27-28,53H,6-17,19,22,26,29-52H2,1-5H3/b20-18-,23-21-,25-24-,28-27-. The number of hydrogen-bond donors (Lipinski definition) is 0. The minimum Gasteiger partial charge on any atom is -0.756 e. The van der Waals surface area contributed by atoms with Gasteiger partial charge in [0.25, 0.3) is 7.82 Å². The summed E-state index contributed by atoms with van der Waals surface area (Å²) in [5.41, 5.74) is 0. The van der Waals surface area contributed by atoms with E-state index in [0.29, 0.717) is 24.1 Å². The van der Waals surface area contributed by atoms with Crippen molar-refractivity contribution < 1.29 is 37.3 Å². The Kier molecular flexibility index (Phi) is 45.8. The van der Waals surface area contributed by atoms with E-state index in [1.165, 1.54) is 167 Å². The van der Waals surface area contributed by atoms with Crippen molar-refractivity contribution in [3.8, 4) is 0 Å². The summed E-state index contributed by atoms with van der Waals surface area (Å²) in [6.45, 7) is 5.40. The number of rotatable bonds is 49. The van der Waals surface area contributed by atoms with Gasteiger partial charge in [-0.1, -0.05) is 197 Å². The lowest BCUT2D eigenvalue weighted by Crippen LogP contribution is -2.37. The molecule has 0 saturated heterocycles. The summed E-state index contributed by atoms with van der Waals surface area (Å²) in [6, 6.07) is 0. The second-order valence-electron chi connectivity index (χ2n) is 18.9. The Balaban J connectivity index is 4.12. The van der Waals surface area contributed by atoms with E-state index in [0.717, 1.165) is 44.9 Å². The maximum Gasteiger partial charge on any atom is 0.306 e. The SMILES string of the molecule is CCCCCCC/C=C\C/C=C\C/C=C\CCCCCCCCCCCCC(=O)OC(COCCCCCCCC/C=C\CCCCCCCC)COP(=O)([O-])OCC[N+](C)(C)C. The van der Waals surface area contributed by atoms with Gasteiger partial charge in [0.15, 0.2) is 0 Å². The number of phosphoric acid groups is 1. The van der Waals surface area contributed by atoms with Gasteiger partial charge in [-0.05, 0) is 77.0 Å². The Labute approximate surface area is 390 Å². The summed E-state index contributed by atoms with van der Waals surface area (Å²) in [5.74, 6) is -0.339. The molecule has 0 aromatic rings. The summed E-state index contributed by atoms with van der Waals surface area (Å²) in [6.07, 6.45) is 58.5. The van der Waals surface area contributed by atoms with Gasteiger partial charge in [-0.2, -0.15) is 0 Å². The normalized spacial score (nSPS) is 13.9. The topological polar surface area (TPSA) is 94.1 Å². The van der Waals surface area contributed by atoms with Crippen LogP contribution in [0.3, 0.4) is 0 Å². The van der Waals surface area contributed by atoms with Crippen molar-refractivity contribution in [3.05, 3.63) is 48.6 Å². The minimum atomic E-state index is -4.53. The number of phosphoric ester groups is 1. The first-order valence-electron chi connectivity index (χ1n) is 26.4. The molecule has 0 saturated carbocycles. The van der Waals surface area contributed by atoms with Crippen molar-refractivity contribution in [3.63, 3.8) is 0 Å². The summed E-state index contributed by atoms with van der Waals surface area (Å²) in [5, 5.41) is 0. The van der Waals surface area contributed by atoms with E-state index in [1.54, 1.807) is 0 Å². The van der Waals surface area contributed by atoms with Crippen molar-refractivity contribution in [2.75, 3.05) is 54.1 Å². The van der Waals surface area contributed by atoms with Crippen LogP contribution >= 0.6 is 7.82 Å². The predicted octanol–water partition coefficient (Wildman–Crippen LogP) is 15.7. The highest BCUT2D eigenvalue weighted by Gasteiger charge is 2.20. The third-order valence-electron chi connectivity index (χ3n) is 11.4. The first-order valence-corrected chi connectivity index (χ1v) is 27.8. The molecule has 2 unspecified atom stereocenters. The van der Waals surface area contributed by atoms with Crippen molar-refractivity contribution in [2.24, 2.45) is 0 Å². The molecule has 0 rings (SSSR count). The van der Waals surface area contributed by atoms with Crippen LogP contribution in [0.25, 0.3) is 0 Å². The Morgan fingerprint density at radius 1 is 0.492 bits per heavy atom. The molecule has 0 N–H and O–H groups in total. The highest BCUT2D eigenvalue weighted by molar-refractivity contribution is 7.45. The zero-order chi connectivity index (χ0) is 46.2. The lowest BCUT2D eigenvalue weighted by atomic mass is 10.0. The van der Waals surface area contributed by atoms with Crippen molar-refractivity contribution in [1.82, 2.24) is 0 Å². The van der Waals surface area contributed by atoms with Gasteiger partial charge in [0, 0.05) is 13.0 Å². The molecule has 0 spiro atoms. The molecule has 0 radical (unpaired) electrons. The van der Waals surface area contributed by atoms with Crippen molar-refractivity contribution in [2.45, 2.75) is 238 Å². The number of unbranched alkanes of at least 4 members (excludes halogenated alkanes) is 27. The fourth-order valence-corrected chi connectivity index (χ4v) is 7.98. The van der Waals surface area contributed by atoms with Crippen molar-refractivity contribution in [1.29, 1.82) is 0 Å². The lowest BCUT2D eigenvalue weighted by molar-refractivity contribution is -0.870. The molecular weight excluding hydrogens is 806 g/mol. The van der Waals surface area contributed by atoms with Crippen LogP contribution in [0.1, 0.15) is 232 Å². The van der Waals surface area contributed by atoms with E-state index in [2.05, 4.69) is 62.5 Å². The van der Waals surface area contributed by atoms with Gasteiger partial charge in [0.1, 0.15) is 19.3 Å². The number of carbonyl (C=O) groups excluding carboxylic acids is 1. The van der Waals surface area contributed by atoms with Crippen LogP contribution in [-0.4, -0.2) is 70.7 Å². The molecule has 370 valence electrons. The average Bonchev–Trinajstić information content (AvgIpc) is 3.24. The second-order valence-corrected chi connectivity index (χ2v) is 20.3. The first-order chi connectivity index (χ1) is 30.6. The Hall–Kier alpha value is -1.54. The molecule has 0 aliphatic carbocycles. The molecule has 0 fully saturated rings. The molecule has 0 aliphatic rings. The van der Waals surface area contributed by atoms with Crippen LogP contribution in [0.15, 0.2) is 48.6 Å². The molecule has 0 amide bonds. The van der Waals surface area contributed by atoms with E-state index < -0.39 is 13.9 Å². The minimum absolute atomic E-state index is 0.0234. The molecule has 0 aromatic carbocycles. The average molecular weight is 908 g/mol. The van der Waals surface area contributed by atoms with E-state index in [9.17, 15) is 14.3 Å². The summed E-state index contributed by atoms with van der Waals surface area (Å²) in [4.78, 5) is 25.2. The van der Waals surface area contributed by atoms with E-state index in [4.69, 9.17) is 18.5 Å². The number of ether oxygens (including phenoxy) is 2. The fraction of sp³-hybridized carbons (Fsp3) is 0.833. The Morgan fingerprint density at radius 2 is 0.873 bits per heavy atom. The van der Waals surface area contributed by atoms with Gasteiger partial charge in [-0.15, -0.1) is 0 Å². The van der Waals surface area contributed by atoms with Crippen LogP contribution in [-0.2, 0) is 27.9 Å². The number of quaternary nitrogens is 1. The van der Waals surface area contributed by atoms with Gasteiger partial charge >= 0.3 is 5.97 Å². The molecule has 0 aromatic heterocycles. The summed E-state index contributed by atoms with van der Waals surface area (Å²) >= 11 is 0. The number of allylic oxidation sites excluding steroid dienone is 8. The Bertz CT molecular complexity index is 1150. The highest BCUT2D eigenvalue weighted by Crippen LogP contribution is 2.38. The fourth-order valence-electron chi connectivity index (χ4n) is 7.25. The quantitative estimate of drug-likeness (QED) is 0.0197. The third-order valence-corrected chi connectivity index (χ3v) is 12.3. The van der Waals surface area contributed by atoms with E-state index >= 15 is 0 Å². The summed E-state index contributed by atoms with van der Waals surface area (Å²) in [7, 11) is 1.35. The van der Waals surface area contributed by atoms with E-state index in [-0.39, 0.29) is 25.8 Å². The zero-order valence-corrected chi connectivity index (χ0v) is 42.9.